The van der Waals surface area contributed by atoms with Crippen LogP contribution in [0.2, 0.25) is 0 Å². The summed E-state index contributed by atoms with van der Waals surface area (Å²) in [6.45, 7) is 3.38. The summed E-state index contributed by atoms with van der Waals surface area (Å²) in [5.74, 6) is 2.30. The fourth-order valence-corrected chi connectivity index (χ4v) is 2.51. The third-order valence-electron chi connectivity index (χ3n) is 3.58. The zero-order chi connectivity index (χ0) is 14.2. The first-order valence-corrected chi connectivity index (χ1v) is 7.02. The molecule has 0 saturated heterocycles. The van der Waals surface area contributed by atoms with Gasteiger partial charge in [-0.2, -0.15) is 0 Å². The molecule has 1 aromatic carbocycles. The number of pyridine rings is 1. The van der Waals surface area contributed by atoms with Crippen molar-refractivity contribution in [2.75, 3.05) is 13.2 Å². The SMILES string of the molecule is Cc1cccnc1-c1nc2cc3c(cc2[nH]1)OCCCO3. The Morgan fingerprint density at radius 3 is 2.76 bits per heavy atom. The zero-order valence-corrected chi connectivity index (χ0v) is 11.7. The average Bonchev–Trinajstić information content (AvgIpc) is 2.75. The summed E-state index contributed by atoms with van der Waals surface area (Å²) in [7, 11) is 0. The van der Waals surface area contributed by atoms with E-state index in [1.807, 2.05) is 31.2 Å². The third-order valence-corrected chi connectivity index (χ3v) is 3.58. The van der Waals surface area contributed by atoms with Crippen molar-refractivity contribution in [3.63, 3.8) is 0 Å². The minimum Gasteiger partial charge on any atom is -0.489 e. The molecule has 0 saturated carbocycles. The van der Waals surface area contributed by atoms with Crippen LogP contribution in [0.4, 0.5) is 0 Å². The zero-order valence-electron chi connectivity index (χ0n) is 11.7. The van der Waals surface area contributed by atoms with Crippen LogP contribution >= 0.6 is 0 Å². The lowest BCUT2D eigenvalue weighted by Crippen LogP contribution is -1.97. The quantitative estimate of drug-likeness (QED) is 0.744. The van der Waals surface area contributed by atoms with E-state index in [2.05, 4.69) is 15.0 Å². The van der Waals surface area contributed by atoms with Gasteiger partial charge >= 0.3 is 0 Å². The number of imidazole rings is 1. The van der Waals surface area contributed by atoms with E-state index in [-0.39, 0.29) is 0 Å². The molecule has 1 N–H and O–H groups in total. The van der Waals surface area contributed by atoms with E-state index in [4.69, 9.17) is 9.47 Å². The number of nitrogens with zero attached hydrogens (tertiary/aromatic N) is 2. The van der Waals surface area contributed by atoms with E-state index in [9.17, 15) is 0 Å². The second-order valence-electron chi connectivity index (χ2n) is 5.12. The Balaban J connectivity index is 1.85. The van der Waals surface area contributed by atoms with E-state index in [1.165, 1.54) is 0 Å². The number of fused-ring (bicyclic) bond motifs is 2. The molecule has 0 bridgehead atoms. The molecule has 0 atom stereocenters. The molecule has 4 rings (SSSR count). The standard InChI is InChI=1S/C16H15N3O2/c1-10-4-2-5-17-15(10)16-18-11-8-13-14(9-12(11)19-16)21-7-3-6-20-13/h2,4-5,8-9H,3,6-7H2,1H3,(H,18,19). The van der Waals surface area contributed by atoms with Gasteiger partial charge in [0.05, 0.1) is 24.2 Å². The lowest BCUT2D eigenvalue weighted by Gasteiger charge is -2.05. The Labute approximate surface area is 121 Å². The molecule has 3 heterocycles. The van der Waals surface area contributed by atoms with Gasteiger partial charge in [0.1, 0.15) is 5.69 Å². The van der Waals surface area contributed by atoms with Crippen molar-refractivity contribution in [2.45, 2.75) is 13.3 Å². The number of nitrogens with one attached hydrogen (secondary N) is 1. The predicted molar refractivity (Wildman–Crippen MR) is 79.7 cm³/mol. The number of benzene rings is 1. The highest BCUT2D eigenvalue weighted by Crippen LogP contribution is 2.34. The maximum atomic E-state index is 5.71. The van der Waals surface area contributed by atoms with Gasteiger partial charge in [-0.15, -0.1) is 0 Å². The van der Waals surface area contributed by atoms with Crippen LogP contribution < -0.4 is 9.47 Å². The molecule has 0 radical (unpaired) electrons. The van der Waals surface area contributed by atoms with Gasteiger partial charge in [0.2, 0.25) is 0 Å². The van der Waals surface area contributed by atoms with Crippen molar-refractivity contribution in [3.05, 3.63) is 36.0 Å². The summed E-state index contributed by atoms with van der Waals surface area (Å²) in [6.07, 6.45) is 2.67. The highest BCUT2D eigenvalue weighted by Gasteiger charge is 2.15. The Morgan fingerprint density at radius 2 is 1.95 bits per heavy atom. The van der Waals surface area contributed by atoms with Gasteiger partial charge in [0, 0.05) is 24.8 Å². The van der Waals surface area contributed by atoms with E-state index in [0.29, 0.717) is 13.2 Å². The Morgan fingerprint density at radius 1 is 1.14 bits per heavy atom. The summed E-state index contributed by atoms with van der Waals surface area (Å²) in [4.78, 5) is 12.3. The molecule has 0 spiro atoms. The topological polar surface area (TPSA) is 60.0 Å². The van der Waals surface area contributed by atoms with Gasteiger partial charge in [0.15, 0.2) is 17.3 Å². The molecule has 21 heavy (non-hydrogen) atoms. The number of ether oxygens (including phenoxy) is 2. The van der Waals surface area contributed by atoms with E-state index >= 15 is 0 Å². The number of rotatable bonds is 1. The largest absolute Gasteiger partial charge is 0.489 e. The minimum absolute atomic E-state index is 0.676. The first-order valence-electron chi connectivity index (χ1n) is 7.02. The van der Waals surface area contributed by atoms with Crippen molar-refractivity contribution in [2.24, 2.45) is 0 Å². The minimum atomic E-state index is 0.676. The molecule has 5 nitrogen and oxygen atoms in total. The number of aromatic nitrogens is 3. The monoisotopic (exact) mass is 281 g/mol. The molecular weight excluding hydrogens is 266 g/mol. The fourth-order valence-electron chi connectivity index (χ4n) is 2.51. The maximum absolute atomic E-state index is 5.71. The second kappa shape index (κ2) is 4.77. The fraction of sp³-hybridized carbons (Fsp3) is 0.250. The molecule has 0 unspecified atom stereocenters. The lowest BCUT2D eigenvalue weighted by atomic mass is 10.2. The van der Waals surface area contributed by atoms with Crippen LogP contribution in [0, 0.1) is 6.92 Å². The molecular formula is C16H15N3O2. The third kappa shape index (κ3) is 2.11. The number of aryl methyl sites for hydroxylation is 1. The van der Waals surface area contributed by atoms with Crippen LogP contribution in [0.5, 0.6) is 11.5 Å². The molecule has 2 aromatic heterocycles. The van der Waals surface area contributed by atoms with Gasteiger partial charge in [0.25, 0.3) is 0 Å². The van der Waals surface area contributed by atoms with Crippen molar-refractivity contribution in [3.8, 4) is 23.0 Å². The van der Waals surface area contributed by atoms with Crippen LogP contribution in [0.3, 0.4) is 0 Å². The number of hydrogen-bond donors (Lipinski definition) is 1. The van der Waals surface area contributed by atoms with Crippen LogP contribution in [0.25, 0.3) is 22.6 Å². The van der Waals surface area contributed by atoms with Gasteiger partial charge in [-0.1, -0.05) is 6.07 Å². The van der Waals surface area contributed by atoms with Crippen LogP contribution in [0.15, 0.2) is 30.5 Å². The summed E-state index contributed by atoms with van der Waals surface area (Å²) in [5.41, 5.74) is 3.75. The van der Waals surface area contributed by atoms with Crippen molar-refractivity contribution in [1.29, 1.82) is 0 Å². The Kier molecular flexibility index (Phi) is 2.77. The summed E-state index contributed by atoms with van der Waals surface area (Å²) in [5, 5.41) is 0. The van der Waals surface area contributed by atoms with Crippen LogP contribution in [0.1, 0.15) is 12.0 Å². The molecule has 0 aliphatic carbocycles. The predicted octanol–water partition coefficient (Wildman–Crippen LogP) is 3.09. The van der Waals surface area contributed by atoms with E-state index in [1.54, 1.807) is 6.20 Å². The highest BCUT2D eigenvalue weighted by molar-refractivity contribution is 5.83. The van der Waals surface area contributed by atoms with Crippen LogP contribution in [-0.4, -0.2) is 28.2 Å². The molecule has 0 amide bonds. The Bertz CT molecular complexity index is 767. The summed E-state index contributed by atoms with van der Waals surface area (Å²) < 4.78 is 11.4. The first-order chi connectivity index (χ1) is 10.3. The van der Waals surface area contributed by atoms with Crippen molar-refractivity contribution in [1.82, 2.24) is 15.0 Å². The molecule has 1 aliphatic rings. The number of H-pyrrole nitrogens is 1. The molecule has 106 valence electrons. The van der Waals surface area contributed by atoms with Gasteiger partial charge in [-0.05, 0) is 18.6 Å². The van der Waals surface area contributed by atoms with E-state index in [0.717, 1.165) is 46.0 Å². The summed E-state index contributed by atoms with van der Waals surface area (Å²) in [6, 6.07) is 7.82. The second-order valence-corrected chi connectivity index (χ2v) is 5.12. The lowest BCUT2D eigenvalue weighted by molar-refractivity contribution is 0.297. The molecule has 5 heteroatoms. The highest BCUT2D eigenvalue weighted by atomic mass is 16.5. The van der Waals surface area contributed by atoms with Gasteiger partial charge in [-0.3, -0.25) is 4.98 Å². The first kappa shape index (κ1) is 12.2. The molecule has 1 aliphatic heterocycles. The van der Waals surface area contributed by atoms with Crippen LogP contribution in [-0.2, 0) is 0 Å². The number of aromatic amines is 1. The summed E-state index contributed by atoms with van der Waals surface area (Å²) >= 11 is 0. The van der Waals surface area contributed by atoms with Gasteiger partial charge < -0.3 is 14.5 Å². The molecule has 3 aromatic rings. The van der Waals surface area contributed by atoms with Gasteiger partial charge in [-0.25, -0.2) is 4.98 Å². The number of hydrogen-bond acceptors (Lipinski definition) is 4. The average molecular weight is 281 g/mol. The van der Waals surface area contributed by atoms with E-state index < -0.39 is 0 Å². The maximum Gasteiger partial charge on any atom is 0.163 e. The normalized spacial score (nSPS) is 14.1. The Hall–Kier alpha value is -2.56. The van der Waals surface area contributed by atoms with Crippen molar-refractivity contribution < 1.29 is 9.47 Å². The molecule has 0 fully saturated rings. The van der Waals surface area contributed by atoms with Crippen molar-refractivity contribution >= 4 is 11.0 Å². The smallest absolute Gasteiger partial charge is 0.163 e.